The van der Waals surface area contributed by atoms with E-state index in [1.807, 2.05) is 12.1 Å². The van der Waals surface area contributed by atoms with E-state index < -0.39 is 0 Å². The van der Waals surface area contributed by atoms with Gasteiger partial charge in [0, 0.05) is 25.0 Å². The Morgan fingerprint density at radius 1 is 1.47 bits per heavy atom. The molecule has 0 heterocycles. The summed E-state index contributed by atoms with van der Waals surface area (Å²) in [6, 6.07) is 5.46. The molecule has 0 bridgehead atoms. The highest BCUT2D eigenvalue weighted by Crippen LogP contribution is 2.21. The number of carbonyl (C=O) groups excluding carboxylic acids is 1. The van der Waals surface area contributed by atoms with Gasteiger partial charge in [-0.1, -0.05) is 18.8 Å². The fourth-order valence-corrected chi connectivity index (χ4v) is 1.34. The maximum absolute atomic E-state index is 11.1. The summed E-state index contributed by atoms with van der Waals surface area (Å²) in [5, 5.41) is 2.75. The second-order valence-electron chi connectivity index (χ2n) is 3.64. The van der Waals surface area contributed by atoms with Crippen LogP contribution < -0.4 is 10.1 Å². The molecule has 0 atom stereocenters. The Labute approximate surface area is 102 Å². The highest BCUT2D eigenvalue weighted by Gasteiger charge is 2.03. The summed E-state index contributed by atoms with van der Waals surface area (Å²) >= 11 is 0. The molecule has 0 saturated heterocycles. The molecule has 0 aliphatic carbocycles. The van der Waals surface area contributed by atoms with Crippen molar-refractivity contribution in [2.45, 2.75) is 26.7 Å². The average molecular weight is 231 g/mol. The lowest BCUT2D eigenvalue weighted by Crippen LogP contribution is -2.07. The van der Waals surface area contributed by atoms with Crippen LogP contribution in [0.1, 0.15) is 32.3 Å². The first kappa shape index (κ1) is 13.1. The van der Waals surface area contributed by atoms with Gasteiger partial charge in [-0.05, 0) is 18.6 Å². The van der Waals surface area contributed by atoms with Crippen LogP contribution in [-0.2, 0) is 4.79 Å². The van der Waals surface area contributed by atoms with Crippen molar-refractivity contribution in [3.63, 3.8) is 0 Å². The molecule has 0 aliphatic rings. The van der Waals surface area contributed by atoms with Crippen LogP contribution in [0.3, 0.4) is 0 Å². The van der Waals surface area contributed by atoms with E-state index in [1.54, 1.807) is 13.2 Å². The monoisotopic (exact) mass is 231 g/mol. The summed E-state index contributed by atoms with van der Waals surface area (Å²) in [5.74, 6) is 6.70. The SMILES string of the molecule is CCCC#Cc1ccc(OC)cc1NC(C)=O. The summed E-state index contributed by atoms with van der Waals surface area (Å²) in [6.07, 6.45) is 1.88. The highest BCUT2D eigenvalue weighted by molar-refractivity contribution is 5.90. The van der Waals surface area contributed by atoms with Crippen LogP contribution in [0.5, 0.6) is 5.75 Å². The van der Waals surface area contributed by atoms with E-state index in [9.17, 15) is 4.79 Å². The van der Waals surface area contributed by atoms with Crippen LogP contribution in [-0.4, -0.2) is 13.0 Å². The molecule has 17 heavy (non-hydrogen) atoms. The number of anilines is 1. The Morgan fingerprint density at radius 2 is 2.24 bits per heavy atom. The molecule has 3 nitrogen and oxygen atoms in total. The number of carbonyl (C=O) groups is 1. The van der Waals surface area contributed by atoms with Gasteiger partial charge < -0.3 is 10.1 Å². The molecule has 1 aromatic rings. The highest BCUT2D eigenvalue weighted by atomic mass is 16.5. The largest absolute Gasteiger partial charge is 0.497 e. The molecule has 0 aliphatic heterocycles. The van der Waals surface area contributed by atoms with Crippen molar-refractivity contribution in [2.24, 2.45) is 0 Å². The second-order valence-corrected chi connectivity index (χ2v) is 3.64. The third-order valence-electron chi connectivity index (χ3n) is 2.14. The van der Waals surface area contributed by atoms with Crippen LogP contribution in [0.4, 0.5) is 5.69 Å². The van der Waals surface area contributed by atoms with Crippen molar-refractivity contribution in [3.8, 4) is 17.6 Å². The summed E-state index contributed by atoms with van der Waals surface area (Å²) < 4.78 is 5.12. The number of hydrogen-bond donors (Lipinski definition) is 1. The Hall–Kier alpha value is -1.95. The van der Waals surface area contributed by atoms with Crippen molar-refractivity contribution < 1.29 is 9.53 Å². The van der Waals surface area contributed by atoms with Gasteiger partial charge in [0.2, 0.25) is 5.91 Å². The molecule has 90 valence electrons. The van der Waals surface area contributed by atoms with E-state index in [2.05, 4.69) is 24.1 Å². The van der Waals surface area contributed by atoms with Crippen LogP contribution in [0.2, 0.25) is 0 Å². The Bertz CT molecular complexity index is 455. The van der Waals surface area contributed by atoms with E-state index in [1.165, 1.54) is 6.92 Å². The first-order valence-electron chi connectivity index (χ1n) is 5.62. The van der Waals surface area contributed by atoms with Gasteiger partial charge >= 0.3 is 0 Å². The summed E-state index contributed by atoms with van der Waals surface area (Å²) in [4.78, 5) is 11.1. The first-order chi connectivity index (χ1) is 8.17. The number of amides is 1. The number of rotatable bonds is 3. The molecule has 1 N–H and O–H groups in total. The normalized spacial score (nSPS) is 9.12. The average Bonchev–Trinajstić information content (AvgIpc) is 2.30. The van der Waals surface area contributed by atoms with Gasteiger partial charge in [-0.25, -0.2) is 0 Å². The number of benzene rings is 1. The van der Waals surface area contributed by atoms with Crippen molar-refractivity contribution in [2.75, 3.05) is 12.4 Å². The third-order valence-corrected chi connectivity index (χ3v) is 2.14. The number of ether oxygens (including phenoxy) is 1. The molecule has 1 amide bonds. The molecule has 0 saturated carbocycles. The Balaban J connectivity index is 3.02. The molecule has 1 aromatic carbocycles. The van der Waals surface area contributed by atoms with E-state index in [0.717, 1.165) is 18.4 Å². The molecular formula is C14H17NO2. The minimum atomic E-state index is -0.114. The quantitative estimate of drug-likeness (QED) is 0.812. The van der Waals surface area contributed by atoms with Gasteiger partial charge in [0.1, 0.15) is 5.75 Å². The summed E-state index contributed by atoms with van der Waals surface area (Å²) in [6.45, 7) is 3.56. The molecule has 0 spiro atoms. The molecule has 0 radical (unpaired) electrons. The summed E-state index contributed by atoms with van der Waals surface area (Å²) in [7, 11) is 1.59. The zero-order chi connectivity index (χ0) is 12.7. The van der Waals surface area contributed by atoms with Gasteiger partial charge in [0.25, 0.3) is 0 Å². The van der Waals surface area contributed by atoms with Gasteiger partial charge in [-0.15, -0.1) is 0 Å². The van der Waals surface area contributed by atoms with Crippen LogP contribution in [0.25, 0.3) is 0 Å². The molecule has 1 rings (SSSR count). The van der Waals surface area contributed by atoms with Crippen molar-refractivity contribution in [1.29, 1.82) is 0 Å². The van der Waals surface area contributed by atoms with Crippen LogP contribution >= 0.6 is 0 Å². The smallest absolute Gasteiger partial charge is 0.221 e. The first-order valence-corrected chi connectivity index (χ1v) is 5.62. The standard InChI is InChI=1S/C14H17NO2/c1-4-5-6-7-12-8-9-13(17-3)10-14(12)15-11(2)16/h8-10H,4-5H2,1-3H3,(H,15,16). The van der Waals surface area contributed by atoms with Crippen LogP contribution in [0, 0.1) is 11.8 Å². The zero-order valence-electron chi connectivity index (χ0n) is 10.5. The predicted molar refractivity (Wildman–Crippen MR) is 69.1 cm³/mol. The van der Waals surface area contributed by atoms with E-state index in [0.29, 0.717) is 11.4 Å². The lowest BCUT2D eigenvalue weighted by Gasteiger charge is -2.07. The van der Waals surface area contributed by atoms with Gasteiger partial charge in [0.15, 0.2) is 0 Å². The second kappa shape index (κ2) is 6.59. The van der Waals surface area contributed by atoms with E-state index in [-0.39, 0.29) is 5.91 Å². The van der Waals surface area contributed by atoms with E-state index in [4.69, 9.17) is 4.74 Å². The predicted octanol–water partition coefficient (Wildman–Crippen LogP) is 2.81. The summed E-state index contributed by atoms with van der Waals surface area (Å²) in [5.41, 5.74) is 1.51. The molecule has 0 aromatic heterocycles. The minimum absolute atomic E-state index is 0.114. The lowest BCUT2D eigenvalue weighted by molar-refractivity contribution is -0.114. The molecular weight excluding hydrogens is 214 g/mol. The van der Waals surface area contributed by atoms with Gasteiger partial charge in [0.05, 0.1) is 12.8 Å². The number of nitrogens with one attached hydrogen (secondary N) is 1. The van der Waals surface area contributed by atoms with Crippen molar-refractivity contribution in [1.82, 2.24) is 0 Å². The van der Waals surface area contributed by atoms with Gasteiger partial charge in [-0.2, -0.15) is 0 Å². The topological polar surface area (TPSA) is 38.3 Å². The van der Waals surface area contributed by atoms with E-state index >= 15 is 0 Å². The minimum Gasteiger partial charge on any atom is -0.497 e. The maximum atomic E-state index is 11.1. The number of hydrogen-bond acceptors (Lipinski definition) is 2. The Morgan fingerprint density at radius 3 is 2.82 bits per heavy atom. The lowest BCUT2D eigenvalue weighted by atomic mass is 10.1. The number of unbranched alkanes of at least 4 members (excludes halogenated alkanes) is 1. The zero-order valence-corrected chi connectivity index (χ0v) is 10.5. The molecule has 0 fully saturated rings. The third kappa shape index (κ3) is 4.20. The Kier molecular flexibility index (Phi) is 5.09. The fraction of sp³-hybridized carbons (Fsp3) is 0.357. The van der Waals surface area contributed by atoms with Crippen molar-refractivity contribution in [3.05, 3.63) is 23.8 Å². The number of methoxy groups -OCH3 is 1. The fourth-order valence-electron chi connectivity index (χ4n) is 1.34. The van der Waals surface area contributed by atoms with Gasteiger partial charge in [-0.3, -0.25) is 4.79 Å². The van der Waals surface area contributed by atoms with Crippen LogP contribution in [0.15, 0.2) is 18.2 Å². The molecule has 0 unspecified atom stereocenters. The maximum Gasteiger partial charge on any atom is 0.221 e. The van der Waals surface area contributed by atoms with Crippen molar-refractivity contribution >= 4 is 11.6 Å². The molecule has 3 heteroatoms.